The number of nitrogens with zero attached hydrogens (tertiary/aromatic N) is 2. The molecule has 2 aliphatic heterocycles. The van der Waals surface area contributed by atoms with Crippen LogP contribution in [0.3, 0.4) is 0 Å². The number of alkyl halides is 3. The largest absolute Gasteiger partial charge is 0.416 e. The lowest BCUT2D eigenvalue weighted by Crippen LogP contribution is -2.41. The number of carbonyl (C=O) groups excluding carboxylic acids is 3. The molecule has 2 aromatic rings. The Balaban J connectivity index is 1.32. The highest BCUT2D eigenvalue weighted by Gasteiger charge is 2.31. The van der Waals surface area contributed by atoms with Crippen LogP contribution in [0, 0.1) is 12.8 Å². The van der Waals surface area contributed by atoms with Crippen LogP contribution in [0.15, 0.2) is 42.5 Å². The third kappa shape index (κ3) is 5.08. The molecule has 6 nitrogen and oxygen atoms in total. The zero-order valence-corrected chi connectivity index (χ0v) is 18.8. The quantitative estimate of drug-likeness (QED) is 0.704. The minimum absolute atomic E-state index is 0.109. The van der Waals surface area contributed by atoms with Crippen LogP contribution in [0.25, 0.3) is 0 Å². The second kappa shape index (κ2) is 9.48. The van der Waals surface area contributed by atoms with Crippen molar-refractivity contribution < 1.29 is 27.6 Å². The van der Waals surface area contributed by atoms with Crippen molar-refractivity contribution in [3.05, 3.63) is 59.2 Å². The average molecular weight is 473 g/mol. The number of aryl methyl sites for hydroxylation is 1. The Morgan fingerprint density at radius 2 is 1.68 bits per heavy atom. The summed E-state index contributed by atoms with van der Waals surface area (Å²) < 4.78 is 38.2. The number of carbonyl (C=O) groups is 3. The molecule has 0 aromatic heterocycles. The van der Waals surface area contributed by atoms with E-state index in [0.717, 1.165) is 29.8 Å². The number of hydrogen-bond acceptors (Lipinski definition) is 3. The molecule has 4 rings (SSSR count). The number of rotatable bonds is 4. The molecule has 0 saturated carbocycles. The molecule has 2 fully saturated rings. The SMILES string of the molecule is Cc1cc(NC(=O)C2CCN(C(=O)c3ccc(C(F)(F)F)cc3)CC2)ccc1N1CCCC1=O. The van der Waals surface area contributed by atoms with Gasteiger partial charge in [0.1, 0.15) is 0 Å². The molecule has 180 valence electrons. The fraction of sp³-hybridized carbons (Fsp3) is 0.400. The summed E-state index contributed by atoms with van der Waals surface area (Å²) in [5.41, 5.74) is 1.82. The molecule has 0 unspecified atom stereocenters. The van der Waals surface area contributed by atoms with Crippen LogP contribution in [0.1, 0.15) is 47.2 Å². The topological polar surface area (TPSA) is 69.7 Å². The van der Waals surface area contributed by atoms with Crippen molar-refractivity contribution >= 4 is 29.1 Å². The van der Waals surface area contributed by atoms with Crippen LogP contribution in [-0.2, 0) is 15.8 Å². The minimum atomic E-state index is -4.45. The monoisotopic (exact) mass is 473 g/mol. The lowest BCUT2D eigenvalue weighted by molar-refractivity contribution is -0.137. The number of benzene rings is 2. The van der Waals surface area contributed by atoms with Crippen molar-refractivity contribution in [1.29, 1.82) is 0 Å². The molecule has 0 bridgehead atoms. The van der Waals surface area contributed by atoms with Crippen molar-refractivity contribution in [1.82, 2.24) is 4.90 Å². The Bertz CT molecular complexity index is 1090. The maximum atomic E-state index is 12.8. The number of halogens is 3. The molecule has 1 N–H and O–H groups in total. The molecule has 2 heterocycles. The van der Waals surface area contributed by atoms with Crippen LogP contribution in [-0.4, -0.2) is 42.3 Å². The molecule has 3 amide bonds. The summed E-state index contributed by atoms with van der Waals surface area (Å²) in [5, 5.41) is 2.93. The van der Waals surface area contributed by atoms with Gasteiger partial charge in [0.15, 0.2) is 0 Å². The van der Waals surface area contributed by atoms with Gasteiger partial charge in [-0.2, -0.15) is 13.2 Å². The summed E-state index contributed by atoms with van der Waals surface area (Å²) in [7, 11) is 0. The minimum Gasteiger partial charge on any atom is -0.339 e. The van der Waals surface area contributed by atoms with E-state index in [1.54, 1.807) is 15.9 Å². The predicted molar refractivity (Wildman–Crippen MR) is 121 cm³/mol. The Labute approximate surface area is 195 Å². The third-order valence-corrected chi connectivity index (χ3v) is 6.44. The van der Waals surface area contributed by atoms with E-state index < -0.39 is 11.7 Å². The van der Waals surface area contributed by atoms with Gasteiger partial charge in [-0.1, -0.05) is 0 Å². The molecule has 2 aliphatic rings. The summed E-state index contributed by atoms with van der Waals surface area (Å²) in [6.07, 6.45) is -2.11. The van der Waals surface area contributed by atoms with Gasteiger partial charge in [-0.25, -0.2) is 0 Å². The van der Waals surface area contributed by atoms with E-state index in [4.69, 9.17) is 0 Å². The van der Waals surface area contributed by atoms with E-state index in [0.29, 0.717) is 44.6 Å². The molecular weight excluding hydrogens is 447 g/mol. The summed E-state index contributed by atoms with van der Waals surface area (Å²) >= 11 is 0. The first-order valence-corrected chi connectivity index (χ1v) is 11.3. The Hall–Kier alpha value is -3.36. The van der Waals surface area contributed by atoms with E-state index in [-0.39, 0.29) is 29.2 Å². The first-order valence-electron chi connectivity index (χ1n) is 11.3. The zero-order chi connectivity index (χ0) is 24.5. The van der Waals surface area contributed by atoms with E-state index >= 15 is 0 Å². The van der Waals surface area contributed by atoms with Crippen molar-refractivity contribution in [3.8, 4) is 0 Å². The van der Waals surface area contributed by atoms with Gasteiger partial charge in [0, 0.05) is 48.9 Å². The van der Waals surface area contributed by atoms with E-state index in [9.17, 15) is 27.6 Å². The van der Waals surface area contributed by atoms with Crippen LogP contribution >= 0.6 is 0 Å². The first kappa shape index (κ1) is 23.8. The number of likely N-dealkylation sites (tertiary alicyclic amines) is 1. The number of piperidine rings is 1. The van der Waals surface area contributed by atoms with Crippen LogP contribution < -0.4 is 10.2 Å². The first-order chi connectivity index (χ1) is 16.1. The fourth-order valence-electron chi connectivity index (χ4n) is 4.51. The smallest absolute Gasteiger partial charge is 0.339 e. The van der Waals surface area contributed by atoms with Gasteiger partial charge in [-0.05, 0) is 74.2 Å². The molecule has 34 heavy (non-hydrogen) atoms. The van der Waals surface area contributed by atoms with Gasteiger partial charge in [-0.15, -0.1) is 0 Å². The predicted octanol–water partition coefficient (Wildman–Crippen LogP) is 4.63. The zero-order valence-electron chi connectivity index (χ0n) is 18.8. The highest BCUT2D eigenvalue weighted by atomic mass is 19.4. The molecular formula is C25H26F3N3O3. The second-order valence-corrected chi connectivity index (χ2v) is 8.78. The van der Waals surface area contributed by atoms with E-state index in [1.807, 2.05) is 19.1 Å². The van der Waals surface area contributed by atoms with Gasteiger partial charge in [0.25, 0.3) is 5.91 Å². The average Bonchev–Trinajstić information content (AvgIpc) is 3.24. The molecule has 2 saturated heterocycles. The Morgan fingerprint density at radius 1 is 1.00 bits per heavy atom. The van der Waals surface area contributed by atoms with Gasteiger partial charge in [0.05, 0.1) is 5.56 Å². The number of amides is 3. The van der Waals surface area contributed by atoms with E-state index in [1.165, 1.54) is 12.1 Å². The summed E-state index contributed by atoms with van der Waals surface area (Å²) in [6.45, 7) is 3.32. The molecule has 0 radical (unpaired) electrons. The van der Waals surface area contributed by atoms with Crippen molar-refractivity contribution in [2.75, 3.05) is 29.9 Å². The van der Waals surface area contributed by atoms with Crippen LogP contribution in [0.4, 0.5) is 24.5 Å². The molecule has 0 aliphatic carbocycles. The van der Waals surface area contributed by atoms with E-state index in [2.05, 4.69) is 5.32 Å². The van der Waals surface area contributed by atoms with Gasteiger partial charge < -0.3 is 15.1 Å². The maximum absolute atomic E-state index is 12.8. The lowest BCUT2D eigenvalue weighted by Gasteiger charge is -2.31. The highest BCUT2D eigenvalue weighted by Crippen LogP contribution is 2.30. The molecule has 0 spiro atoms. The fourth-order valence-corrected chi connectivity index (χ4v) is 4.51. The molecule has 0 atom stereocenters. The van der Waals surface area contributed by atoms with Gasteiger partial charge >= 0.3 is 6.18 Å². The second-order valence-electron chi connectivity index (χ2n) is 8.78. The van der Waals surface area contributed by atoms with Gasteiger partial charge in [0.2, 0.25) is 11.8 Å². The summed E-state index contributed by atoms with van der Waals surface area (Å²) in [5.74, 6) is -0.629. The third-order valence-electron chi connectivity index (χ3n) is 6.44. The summed E-state index contributed by atoms with van der Waals surface area (Å²) in [6, 6.07) is 9.66. The summed E-state index contributed by atoms with van der Waals surface area (Å²) in [4.78, 5) is 40.7. The molecule has 9 heteroatoms. The Morgan fingerprint density at radius 3 is 2.24 bits per heavy atom. The normalized spacial score (nSPS) is 17.2. The molecule has 2 aromatic carbocycles. The number of anilines is 2. The number of nitrogens with one attached hydrogen (secondary N) is 1. The van der Waals surface area contributed by atoms with Gasteiger partial charge in [-0.3, -0.25) is 14.4 Å². The highest BCUT2D eigenvalue weighted by molar-refractivity contribution is 5.97. The lowest BCUT2D eigenvalue weighted by atomic mass is 9.95. The number of hydrogen-bond donors (Lipinski definition) is 1. The van der Waals surface area contributed by atoms with Crippen molar-refractivity contribution in [2.24, 2.45) is 5.92 Å². The van der Waals surface area contributed by atoms with Crippen molar-refractivity contribution in [3.63, 3.8) is 0 Å². The standard InChI is InChI=1S/C25H26F3N3O3/c1-16-15-20(8-9-21(16)31-12-2-3-22(31)32)29-23(33)17-10-13-30(14-11-17)24(34)18-4-6-19(7-5-18)25(26,27)28/h4-9,15,17H,2-3,10-14H2,1H3,(H,29,33). The van der Waals surface area contributed by atoms with Crippen LogP contribution in [0.2, 0.25) is 0 Å². The maximum Gasteiger partial charge on any atom is 0.416 e. The van der Waals surface area contributed by atoms with Crippen molar-refractivity contribution in [2.45, 2.75) is 38.8 Å². The Kier molecular flexibility index (Phi) is 6.63. The van der Waals surface area contributed by atoms with Crippen LogP contribution in [0.5, 0.6) is 0 Å².